The second-order valence-corrected chi connectivity index (χ2v) is 6.93. The molecule has 2 N–H and O–H groups in total. The third kappa shape index (κ3) is 7.16. The Hall–Kier alpha value is -3.48. The van der Waals surface area contributed by atoms with E-state index in [0.29, 0.717) is 28.9 Å². The van der Waals surface area contributed by atoms with E-state index in [1.54, 1.807) is 48.5 Å². The summed E-state index contributed by atoms with van der Waals surface area (Å²) in [5, 5.41) is 5.40. The Labute approximate surface area is 175 Å². The van der Waals surface area contributed by atoms with Crippen LogP contribution < -0.4 is 10.6 Å². The lowest BCUT2D eigenvalue weighted by Crippen LogP contribution is -2.25. The van der Waals surface area contributed by atoms with Gasteiger partial charge in [0.2, 0.25) is 17.6 Å². The predicted molar refractivity (Wildman–Crippen MR) is 114 cm³/mol. The number of benzene rings is 2. The van der Waals surface area contributed by atoms with Gasteiger partial charge in [0.1, 0.15) is 0 Å². The van der Waals surface area contributed by atoms with Crippen molar-refractivity contribution >= 4 is 34.9 Å². The molecular formula is C23H26N2O5. The van der Waals surface area contributed by atoms with E-state index in [2.05, 4.69) is 10.6 Å². The van der Waals surface area contributed by atoms with Crippen LogP contribution in [0.3, 0.4) is 0 Å². The number of esters is 1. The van der Waals surface area contributed by atoms with Crippen LogP contribution in [0.4, 0.5) is 11.4 Å². The molecule has 0 heterocycles. The lowest BCUT2D eigenvalue weighted by Gasteiger charge is -2.13. The molecule has 2 amide bonds. The number of amides is 2. The minimum Gasteiger partial charge on any atom is -0.454 e. The summed E-state index contributed by atoms with van der Waals surface area (Å²) in [6.45, 7) is 4.86. The number of ketones is 1. The molecule has 7 heteroatoms. The van der Waals surface area contributed by atoms with Gasteiger partial charge in [0.05, 0.1) is 6.42 Å². The summed E-state index contributed by atoms with van der Waals surface area (Å²) >= 11 is 0. The number of hydrogen-bond acceptors (Lipinski definition) is 5. The molecule has 0 saturated carbocycles. The van der Waals surface area contributed by atoms with Gasteiger partial charge in [-0.05, 0) is 55.3 Å². The van der Waals surface area contributed by atoms with Gasteiger partial charge in [-0.1, -0.05) is 19.1 Å². The minimum absolute atomic E-state index is 0.0143. The maximum Gasteiger partial charge on any atom is 0.310 e. The normalized spacial score (nSPS) is 11.3. The van der Waals surface area contributed by atoms with Gasteiger partial charge in [-0.25, -0.2) is 0 Å². The van der Waals surface area contributed by atoms with E-state index in [0.717, 1.165) is 6.42 Å². The molecule has 2 rings (SSSR count). The molecule has 2 aromatic rings. The average Bonchev–Trinajstić information content (AvgIpc) is 2.69. The summed E-state index contributed by atoms with van der Waals surface area (Å²) in [6, 6.07) is 13.3. The molecule has 0 aromatic heterocycles. The van der Waals surface area contributed by atoms with Crippen LogP contribution in [0.1, 0.15) is 49.5 Å². The molecule has 158 valence electrons. The van der Waals surface area contributed by atoms with Gasteiger partial charge in [-0.15, -0.1) is 0 Å². The molecule has 0 aliphatic carbocycles. The lowest BCUT2D eigenvalue weighted by atomic mass is 10.1. The van der Waals surface area contributed by atoms with Gasteiger partial charge in [0.15, 0.2) is 6.10 Å². The van der Waals surface area contributed by atoms with Gasteiger partial charge in [0.25, 0.3) is 0 Å². The third-order valence-corrected chi connectivity index (χ3v) is 4.23. The molecule has 0 aliphatic rings. The number of Topliss-reactive ketones (excluding diaryl/α,β-unsaturated/α-hetero) is 1. The number of anilines is 2. The monoisotopic (exact) mass is 410 g/mol. The number of carbonyl (C=O) groups is 4. The summed E-state index contributed by atoms with van der Waals surface area (Å²) in [4.78, 5) is 47.3. The van der Waals surface area contributed by atoms with E-state index in [4.69, 9.17) is 4.74 Å². The molecule has 30 heavy (non-hydrogen) atoms. The minimum atomic E-state index is -0.934. The van der Waals surface area contributed by atoms with Gasteiger partial charge in [-0.2, -0.15) is 0 Å². The Morgan fingerprint density at radius 1 is 0.900 bits per heavy atom. The molecule has 7 nitrogen and oxygen atoms in total. The second kappa shape index (κ2) is 10.9. The summed E-state index contributed by atoms with van der Waals surface area (Å²) in [6.07, 6.45) is 0.269. The van der Waals surface area contributed by atoms with Crippen molar-refractivity contribution in [1.82, 2.24) is 0 Å². The standard InChI is InChI=1S/C23H26N2O5/c1-4-5-21(27)25-20-12-8-18(9-13-20)23(29)15(2)30-22(28)14-17-6-10-19(11-7-17)24-16(3)26/h6-13,15H,4-5,14H2,1-3H3,(H,24,26)(H,25,27)/t15-/m1/s1. The van der Waals surface area contributed by atoms with Crippen molar-refractivity contribution in [3.05, 3.63) is 59.7 Å². The highest BCUT2D eigenvalue weighted by atomic mass is 16.5. The summed E-state index contributed by atoms with van der Waals surface area (Å²) in [5.41, 5.74) is 2.35. The van der Waals surface area contributed by atoms with Crippen LogP contribution in [-0.2, 0) is 25.5 Å². The molecule has 0 radical (unpaired) electrons. The summed E-state index contributed by atoms with van der Waals surface area (Å²) in [7, 11) is 0. The van der Waals surface area contributed by atoms with Crippen molar-refractivity contribution in [2.45, 2.75) is 46.1 Å². The van der Waals surface area contributed by atoms with Crippen LogP contribution in [0.25, 0.3) is 0 Å². The topological polar surface area (TPSA) is 102 Å². The van der Waals surface area contributed by atoms with Crippen LogP contribution in [0, 0.1) is 0 Å². The van der Waals surface area contributed by atoms with Crippen LogP contribution in [0.15, 0.2) is 48.5 Å². The first-order valence-electron chi connectivity index (χ1n) is 9.78. The van der Waals surface area contributed by atoms with Crippen molar-refractivity contribution in [1.29, 1.82) is 0 Å². The van der Waals surface area contributed by atoms with E-state index in [1.165, 1.54) is 13.8 Å². The molecule has 1 atom stereocenters. The van der Waals surface area contributed by atoms with Crippen molar-refractivity contribution in [3.8, 4) is 0 Å². The number of nitrogens with one attached hydrogen (secondary N) is 2. The first-order chi connectivity index (χ1) is 14.3. The summed E-state index contributed by atoms with van der Waals surface area (Å²) < 4.78 is 5.26. The summed E-state index contributed by atoms with van der Waals surface area (Å²) in [5.74, 6) is -1.10. The SMILES string of the molecule is CCCC(=O)Nc1ccc(C(=O)[C@@H](C)OC(=O)Cc2ccc(NC(C)=O)cc2)cc1. The van der Waals surface area contributed by atoms with Crippen LogP contribution in [0.2, 0.25) is 0 Å². The van der Waals surface area contributed by atoms with Crippen molar-refractivity contribution < 1.29 is 23.9 Å². The molecule has 0 bridgehead atoms. The molecule has 0 saturated heterocycles. The zero-order valence-electron chi connectivity index (χ0n) is 17.4. The lowest BCUT2D eigenvalue weighted by molar-refractivity contribution is -0.145. The Bertz CT molecular complexity index is 904. The maximum absolute atomic E-state index is 12.5. The number of hydrogen-bond donors (Lipinski definition) is 2. The van der Waals surface area contributed by atoms with Crippen LogP contribution >= 0.6 is 0 Å². The Balaban J connectivity index is 1.89. The van der Waals surface area contributed by atoms with Gasteiger partial charge in [0, 0.05) is 30.3 Å². The van der Waals surface area contributed by atoms with Gasteiger partial charge in [-0.3, -0.25) is 19.2 Å². The maximum atomic E-state index is 12.5. The van der Waals surface area contributed by atoms with E-state index in [-0.39, 0.29) is 24.0 Å². The van der Waals surface area contributed by atoms with E-state index in [1.807, 2.05) is 6.92 Å². The molecule has 0 spiro atoms. The number of rotatable bonds is 9. The molecule has 2 aromatic carbocycles. The van der Waals surface area contributed by atoms with E-state index in [9.17, 15) is 19.2 Å². The predicted octanol–water partition coefficient (Wildman–Crippen LogP) is 3.74. The van der Waals surface area contributed by atoms with Crippen molar-refractivity contribution in [2.75, 3.05) is 10.6 Å². The highest BCUT2D eigenvalue weighted by Crippen LogP contribution is 2.14. The largest absolute Gasteiger partial charge is 0.454 e. The highest BCUT2D eigenvalue weighted by molar-refractivity contribution is 6.01. The smallest absolute Gasteiger partial charge is 0.310 e. The van der Waals surface area contributed by atoms with Gasteiger partial charge >= 0.3 is 5.97 Å². The van der Waals surface area contributed by atoms with E-state index < -0.39 is 12.1 Å². The average molecular weight is 410 g/mol. The molecule has 0 aliphatic heterocycles. The molecule has 0 fully saturated rings. The van der Waals surface area contributed by atoms with Crippen molar-refractivity contribution in [2.24, 2.45) is 0 Å². The molecular weight excluding hydrogens is 384 g/mol. The third-order valence-electron chi connectivity index (χ3n) is 4.23. The molecule has 0 unspecified atom stereocenters. The first-order valence-corrected chi connectivity index (χ1v) is 9.78. The quantitative estimate of drug-likeness (QED) is 0.484. The zero-order valence-corrected chi connectivity index (χ0v) is 17.4. The van der Waals surface area contributed by atoms with Crippen LogP contribution in [0.5, 0.6) is 0 Å². The van der Waals surface area contributed by atoms with Crippen LogP contribution in [-0.4, -0.2) is 29.7 Å². The highest BCUT2D eigenvalue weighted by Gasteiger charge is 2.20. The fourth-order valence-electron chi connectivity index (χ4n) is 2.77. The van der Waals surface area contributed by atoms with Crippen molar-refractivity contribution in [3.63, 3.8) is 0 Å². The van der Waals surface area contributed by atoms with E-state index >= 15 is 0 Å². The Kier molecular flexibility index (Phi) is 8.29. The fraction of sp³-hybridized carbons (Fsp3) is 0.304. The Morgan fingerprint density at radius 3 is 2.03 bits per heavy atom. The Morgan fingerprint density at radius 2 is 1.47 bits per heavy atom. The second-order valence-electron chi connectivity index (χ2n) is 6.93. The fourth-order valence-corrected chi connectivity index (χ4v) is 2.77. The zero-order chi connectivity index (χ0) is 22.1. The number of ether oxygens (including phenoxy) is 1. The van der Waals surface area contributed by atoms with Gasteiger partial charge < -0.3 is 15.4 Å². The number of carbonyl (C=O) groups excluding carboxylic acids is 4. The first kappa shape index (κ1) is 22.8.